The lowest BCUT2D eigenvalue weighted by atomic mass is 10.1. The Morgan fingerprint density at radius 1 is 1.00 bits per heavy atom. The molecule has 1 fully saturated rings. The van der Waals surface area contributed by atoms with Gasteiger partial charge in [0.05, 0.1) is 10.1 Å². The number of halogens is 1. The minimum absolute atomic E-state index is 0.312. The number of ether oxygens (including phenoxy) is 1. The first kappa shape index (κ1) is 18.0. The summed E-state index contributed by atoms with van der Waals surface area (Å²) in [6.45, 7) is 1.52. The monoisotopic (exact) mass is 376 g/mol. The van der Waals surface area contributed by atoms with Crippen LogP contribution in [0.4, 0.5) is 4.39 Å². The molecule has 6 heteroatoms. The number of benzene rings is 2. The minimum Gasteiger partial charge on any atom is -0.451 e. The summed E-state index contributed by atoms with van der Waals surface area (Å²) in [6.07, 6.45) is -0.932. The molecule has 0 aromatic heterocycles. The van der Waals surface area contributed by atoms with Crippen molar-refractivity contribution in [1.29, 1.82) is 0 Å². The van der Waals surface area contributed by atoms with E-state index in [9.17, 15) is 14.0 Å². The SMILES string of the molecule is C[C@H](OC(=O)c1ccc(C2SCCS2)cc1)C(=O)c1ccc(F)cc1. The van der Waals surface area contributed by atoms with Crippen LogP contribution in [0.1, 0.15) is 37.8 Å². The normalized spacial score (nSPS) is 15.8. The summed E-state index contributed by atoms with van der Waals surface area (Å²) in [5.74, 6) is 0.967. The van der Waals surface area contributed by atoms with Crippen LogP contribution >= 0.6 is 23.5 Å². The molecule has 0 saturated carbocycles. The predicted octanol–water partition coefficient (Wildman–Crippen LogP) is 4.73. The highest BCUT2D eigenvalue weighted by Crippen LogP contribution is 2.45. The molecule has 1 atom stereocenters. The first-order chi connectivity index (χ1) is 12.0. The van der Waals surface area contributed by atoms with Crippen LogP contribution in [0.5, 0.6) is 0 Å². The van der Waals surface area contributed by atoms with Gasteiger partial charge in [0.15, 0.2) is 6.10 Å². The van der Waals surface area contributed by atoms with Gasteiger partial charge in [-0.3, -0.25) is 4.79 Å². The number of thioether (sulfide) groups is 2. The molecule has 0 bridgehead atoms. The van der Waals surface area contributed by atoms with E-state index in [-0.39, 0.29) is 5.78 Å². The van der Waals surface area contributed by atoms with Gasteiger partial charge in [-0.15, -0.1) is 23.5 Å². The highest BCUT2D eigenvalue weighted by Gasteiger charge is 2.22. The molecule has 3 nitrogen and oxygen atoms in total. The molecular formula is C19H17FO3S2. The van der Waals surface area contributed by atoms with Crippen LogP contribution in [0.15, 0.2) is 48.5 Å². The van der Waals surface area contributed by atoms with Crippen LogP contribution in [0.2, 0.25) is 0 Å². The summed E-state index contributed by atoms with van der Waals surface area (Å²) >= 11 is 3.80. The fraction of sp³-hybridized carbons (Fsp3) is 0.263. The fourth-order valence-electron chi connectivity index (χ4n) is 2.46. The van der Waals surface area contributed by atoms with Gasteiger partial charge in [0.25, 0.3) is 0 Å². The Labute approximate surface area is 154 Å². The Kier molecular flexibility index (Phi) is 5.81. The van der Waals surface area contributed by atoms with Crippen LogP contribution in [-0.4, -0.2) is 29.4 Å². The molecule has 0 amide bonds. The first-order valence-corrected chi connectivity index (χ1v) is 9.98. The second-order valence-electron chi connectivity index (χ2n) is 5.61. The molecule has 0 aliphatic carbocycles. The fourth-order valence-corrected chi connectivity index (χ4v) is 5.32. The Morgan fingerprint density at radius 2 is 1.56 bits per heavy atom. The van der Waals surface area contributed by atoms with Gasteiger partial charge in [-0.1, -0.05) is 12.1 Å². The summed E-state index contributed by atoms with van der Waals surface area (Å²) in [6, 6.07) is 12.5. The lowest BCUT2D eigenvalue weighted by Gasteiger charge is -2.13. The molecule has 2 aromatic rings. The summed E-state index contributed by atoms with van der Waals surface area (Å²) in [7, 11) is 0. The Balaban J connectivity index is 1.62. The zero-order valence-electron chi connectivity index (χ0n) is 13.6. The summed E-state index contributed by atoms with van der Waals surface area (Å²) in [5, 5.41) is 0. The van der Waals surface area contributed by atoms with E-state index in [1.165, 1.54) is 36.8 Å². The molecule has 1 saturated heterocycles. The molecule has 0 N–H and O–H groups in total. The molecule has 0 spiro atoms. The average Bonchev–Trinajstić information content (AvgIpc) is 3.16. The van der Waals surface area contributed by atoms with Crippen molar-refractivity contribution in [3.05, 3.63) is 71.0 Å². The number of ketones is 1. The van der Waals surface area contributed by atoms with Gasteiger partial charge in [-0.2, -0.15) is 0 Å². The van der Waals surface area contributed by atoms with Crippen molar-refractivity contribution in [2.45, 2.75) is 17.6 Å². The topological polar surface area (TPSA) is 43.4 Å². The van der Waals surface area contributed by atoms with E-state index < -0.39 is 17.9 Å². The van der Waals surface area contributed by atoms with Gasteiger partial charge in [0, 0.05) is 17.1 Å². The van der Waals surface area contributed by atoms with Crippen molar-refractivity contribution in [1.82, 2.24) is 0 Å². The van der Waals surface area contributed by atoms with Crippen molar-refractivity contribution < 1.29 is 18.7 Å². The van der Waals surface area contributed by atoms with Crippen LogP contribution in [-0.2, 0) is 4.74 Å². The molecule has 25 heavy (non-hydrogen) atoms. The van der Waals surface area contributed by atoms with Crippen molar-refractivity contribution >= 4 is 35.3 Å². The maximum absolute atomic E-state index is 12.9. The third-order valence-corrected chi connectivity index (χ3v) is 6.93. The zero-order valence-corrected chi connectivity index (χ0v) is 15.2. The van der Waals surface area contributed by atoms with Crippen molar-refractivity contribution in [2.24, 2.45) is 0 Å². The van der Waals surface area contributed by atoms with Gasteiger partial charge in [-0.25, -0.2) is 9.18 Å². The highest BCUT2D eigenvalue weighted by atomic mass is 32.2. The number of hydrogen-bond acceptors (Lipinski definition) is 5. The van der Waals surface area contributed by atoms with Crippen LogP contribution in [0.3, 0.4) is 0 Å². The van der Waals surface area contributed by atoms with Crippen molar-refractivity contribution in [3.8, 4) is 0 Å². The van der Waals surface area contributed by atoms with Crippen molar-refractivity contribution in [2.75, 3.05) is 11.5 Å². The van der Waals surface area contributed by atoms with Gasteiger partial charge in [0.2, 0.25) is 5.78 Å². The number of hydrogen-bond donors (Lipinski definition) is 0. The Bertz CT molecular complexity index is 753. The number of esters is 1. The van der Waals surface area contributed by atoms with E-state index in [4.69, 9.17) is 4.74 Å². The second kappa shape index (κ2) is 8.06. The molecule has 1 aliphatic heterocycles. The van der Waals surface area contributed by atoms with E-state index in [1.807, 2.05) is 35.7 Å². The van der Waals surface area contributed by atoms with Crippen molar-refractivity contribution in [3.63, 3.8) is 0 Å². The lowest BCUT2D eigenvalue weighted by molar-refractivity contribution is 0.0319. The standard InChI is InChI=1S/C19H17FO3S2/c1-12(17(21)13-6-8-16(20)9-7-13)23-18(22)14-2-4-15(5-3-14)19-24-10-11-25-19/h2-9,12,19H,10-11H2,1H3/t12-/m0/s1. The molecule has 1 heterocycles. The van der Waals surface area contributed by atoms with Gasteiger partial charge in [0.1, 0.15) is 5.82 Å². The smallest absolute Gasteiger partial charge is 0.338 e. The number of carbonyl (C=O) groups excluding carboxylic acids is 2. The van der Waals surface area contributed by atoms with Crippen LogP contribution in [0, 0.1) is 5.82 Å². The number of rotatable bonds is 5. The van der Waals surface area contributed by atoms with Crippen LogP contribution < -0.4 is 0 Å². The van der Waals surface area contributed by atoms with E-state index in [0.29, 0.717) is 15.7 Å². The molecule has 0 unspecified atom stereocenters. The molecule has 2 aromatic carbocycles. The number of Topliss-reactive ketones (excluding diaryl/α,β-unsaturated/α-hetero) is 1. The van der Waals surface area contributed by atoms with E-state index >= 15 is 0 Å². The van der Waals surface area contributed by atoms with Gasteiger partial charge >= 0.3 is 5.97 Å². The van der Waals surface area contributed by atoms with Gasteiger partial charge in [-0.05, 0) is 48.9 Å². The average molecular weight is 376 g/mol. The van der Waals surface area contributed by atoms with Gasteiger partial charge < -0.3 is 4.74 Å². The van der Waals surface area contributed by atoms with E-state index in [0.717, 1.165) is 11.5 Å². The lowest BCUT2D eigenvalue weighted by Crippen LogP contribution is -2.24. The number of carbonyl (C=O) groups is 2. The summed E-state index contributed by atoms with van der Waals surface area (Å²) in [4.78, 5) is 24.5. The largest absolute Gasteiger partial charge is 0.451 e. The molecule has 130 valence electrons. The maximum atomic E-state index is 12.9. The molecular weight excluding hydrogens is 359 g/mol. The second-order valence-corrected chi connectivity index (χ2v) is 8.34. The Morgan fingerprint density at radius 3 is 2.16 bits per heavy atom. The molecule has 3 rings (SSSR count). The molecule has 0 radical (unpaired) electrons. The van der Waals surface area contributed by atoms with E-state index in [2.05, 4.69) is 0 Å². The maximum Gasteiger partial charge on any atom is 0.338 e. The predicted molar refractivity (Wildman–Crippen MR) is 99.7 cm³/mol. The molecule has 1 aliphatic rings. The highest BCUT2D eigenvalue weighted by molar-refractivity contribution is 8.19. The first-order valence-electron chi connectivity index (χ1n) is 7.88. The third-order valence-electron chi connectivity index (χ3n) is 3.82. The van der Waals surface area contributed by atoms with Crippen LogP contribution in [0.25, 0.3) is 0 Å². The summed E-state index contributed by atoms with van der Waals surface area (Å²) < 4.78 is 18.6. The minimum atomic E-state index is -0.932. The quantitative estimate of drug-likeness (QED) is 0.557. The third kappa shape index (κ3) is 4.44. The van der Waals surface area contributed by atoms with E-state index in [1.54, 1.807) is 12.1 Å². The summed E-state index contributed by atoms with van der Waals surface area (Å²) in [5.41, 5.74) is 1.90. The zero-order chi connectivity index (χ0) is 17.8. The Hall–Kier alpha value is -1.79.